The molecule has 0 saturated carbocycles. The predicted molar refractivity (Wildman–Crippen MR) is 58.0 cm³/mol. The average molecular weight is 187 g/mol. The Morgan fingerprint density at radius 3 is 2.15 bits per heavy atom. The lowest BCUT2D eigenvalue weighted by molar-refractivity contribution is 0.0589. The summed E-state index contributed by atoms with van der Waals surface area (Å²) in [4.78, 5) is 0. The molecule has 0 aliphatic heterocycles. The Balaban J connectivity index is 4.03. The van der Waals surface area contributed by atoms with Crippen LogP contribution in [-0.2, 0) is 4.74 Å². The second kappa shape index (κ2) is 7.34. The van der Waals surface area contributed by atoms with Gasteiger partial charge in [0.1, 0.15) is 0 Å². The molecule has 1 N–H and O–H groups in total. The van der Waals surface area contributed by atoms with E-state index in [0.29, 0.717) is 12.1 Å². The lowest BCUT2D eigenvalue weighted by Crippen LogP contribution is -2.41. The molecule has 0 bridgehead atoms. The summed E-state index contributed by atoms with van der Waals surface area (Å²) in [5.41, 5.74) is 0. The van der Waals surface area contributed by atoms with Crippen molar-refractivity contribution in [1.29, 1.82) is 0 Å². The van der Waals surface area contributed by atoms with Gasteiger partial charge in [0, 0.05) is 13.2 Å². The van der Waals surface area contributed by atoms with Gasteiger partial charge in [-0.05, 0) is 25.3 Å². The summed E-state index contributed by atoms with van der Waals surface area (Å²) in [5.74, 6) is 0.730. The van der Waals surface area contributed by atoms with Crippen LogP contribution in [0.1, 0.15) is 40.5 Å². The van der Waals surface area contributed by atoms with Crippen LogP contribution in [0.4, 0.5) is 0 Å². The molecule has 0 rings (SSSR count). The van der Waals surface area contributed by atoms with Gasteiger partial charge in [-0.25, -0.2) is 0 Å². The fourth-order valence-electron chi connectivity index (χ4n) is 1.75. The smallest absolute Gasteiger partial charge is 0.0721 e. The van der Waals surface area contributed by atoms with E-state index in [1.165, 1.54) is 6.42 Å². The summed E-state index contributed by atoms with van der Waals surface area (Å²) < 4.78 is 5.45. The van der Waals surface area contributed by atoms with Gasteiger partial charge in [0.15, 0.2) is 0 Å². The van der Waals surface area contributed by atoms with Crippen LogP contribution >= 0.6 is 0 Å². The second-order valence-electron chi connectivity index (χ2n) is 3.98. The summed E-state index contributed by atoms with van der Waals surface area (Å²) in [5, 5.41) is 3.49. The van der Waals surface area contributed by atoms with Gasteiger partial charge in [-0.1, -0.05) is 27.7 Å². The monoisotopic (exact) mass is 187 g/mol. The molecule has 0 aromatic rings. The predicted octanol–water partition coefficient (Wildman–Crippen LogP) is 2.44. The molecule has 0 spiro atoms. The van der Waals surface area contributed by atoms with E-state index in [-0.39, 0.29) is 0 Å². The zero-order valence-electron chi connectivity index (χ0n) is 9.76. The van der Waals surface area contributed by atoms with Crippen molar-refractivity contribution in [2.75, 3.05) is 13.7 Å². The highest BCUT2D eigenvalue weighted by Gasteiger charge is 2.19. The number of hydrogen-bond acceptors (Lipinski definition) is 2. The first-order chi connectivity index (χ1) is 6.15. The van der Waals surface area contributed by atoms with Crippen molar-refractivity contribution in [3.63, 3.8) is 0 Å². The molecule has 0 aliphatic carbocycles. The van der Waals surface area contributed by atoms with Gasteiger partial charge in [0.2, 0.25) is 0 Å². The summed E-state index contributed by atoms with van der Waals surface area (Å²) in [6, 6.07) is 0.514. The molecule has 0 radical (unpaired) electrons. The van der Waals surface area contributed by atoms with E-state index >= 15 is 0 Å². The van der Waals surface area contributed by atoms with Crippen molar-refractivity contribution in [1.82, 2.24) is 5.32 Å². The third kappa shape index (κ3) is 5.27. The maximum atomic E-state index is 5.45. The summed E-state index contributed by atoms with van der Waals surface area (Å²) in [6.45, 7) is 9.87. The van der Waals surface area contributed by atoms with Crippen molar-refractivity contribution < 1.29 is 4.74 Å². The highest BCUT2D eigenvalue weighted by Crippen LogP contribution is 2.12. The lowest BCUT2D eigenvalue weighted by atomic mass is 9.97. The molecule has 2 heteroatoms. The van der Waals surface area contributed by atoms with Gasteiger partial charge in [-0.15, -0.1) is 0 Å². The largest absolute Gasteiger partial charge is 0.380 e. The average Bonchev–Trinajstić information content (AvgIpc) is 2.05. The molecule has 2 unspecified atom stereocenters. The van der Waals surface area contributed by atoms with Crippen LogP contribution < -0.4 is 5.32 Å². The van der Waals surface area contributed by atoms with E-state index in [2.05, 4.69) is 33.0 Å². The van der Waals surface area contributed by atoms with E-state index in [9.17, 15) is 0 Å². The molecular weight excluding hydrogens is 162 g/mol. The van der Waals surface area contributed by atoms with Crippen LogP contribution in [0.5, 0.6) is 0 Å². The number of methoxy groups -OCH3 is 1. The minimum absolute atomic E-state index is 0.363. The Morgan fingerprint density at radius 1 is 1.23 bits per heavy atom. The zero-order valence-corrected chi connectivity index (χ0v) is 9.76. The standard InChI is InChI=1S/C11H25NO/c1-6-11(13-5)10(12-7-2)8-9(3)4/h9-12H,6-8H2,1-5H3. The quantitative estimate of drug-likeness (QED) is 0.661. The number of rotatable bonds is 7. The molecule has 0 aromatic heterocycles. The lowest BCUT2D eigenvalue weighted by Gasteiger charge is -2.27. The first kappa shape index (κ1) is 12.9. The molecule has 2 atom stereocenters. The Labute approximate surface area is 83.1 Å². The Morgan fingerprint density at radius 2 is 1.85 bits per heavy atom. The third-order valence-corrected chi connectivity index (χ3v) is 2.35. The van der Waals surface area contributed by atoms with Crippen molar-refractivity contribution in [2.24, 2.45) is 5.92 Å². The van der Waals surface area contributed by atoms with E-state index < -0.39 is 0 Å². The fraction of sp³-hybridized carbons (Fsp3) is 1.00. The minimum Gasteiger partial charge on any atom is -0.380 e. The third-order valence-electron chi connectivity index (χ3n) is 2.35. The molecule has 0 aliphatic rings. The second-order valence-corrected chi connectivity index (χ2v) is 3.98. The first-order valence-electron chi connectivity index (χ1n) is 5.41. The minimum atomic E-state index is 0.363. The summed E-state index contributed by atoms with van der Waals surface area (Å²) >= 11 is 0. The molecule has 0 saturated heterocycles. The number of likely N-dealkylation sites (N-methyl/N-ethyl adjacent to an activating group) is 1. The van der Waals surface area contributed by atoms with Crippen LogP contribution in [-0.4, -0.2) is 25.8 Å². The molecular formula is C11H25NO. The van der Waals surface area contributed by atoms with Crippen LogP contribution in [0, 0.1) is 5.92 Å². The maximum absolute atomic E-state index is 5.45. The number of hydrogen-bond donors (Lipinski definition) is 1. The first-order valence-corrected chi connectivity index (χ1v) is 5.41. The van der Waals surface area contributed by atoms with E-state index in [1.807, 2.05) is 0 Å². The maximum Gasteiger partial charge on any atom is 0.0721 e. The molecule has 80 valence electrons. The Hall–Kier alpha value is -0.0800. The van der Waals surface area contributed by atoms with Gasteiger partial charge in [-0.2, -0.15) is 0 Å². The van der Waals surface area contributed by atoms with Gasteiger partial charge in [0.25, 0.3) is 0 Å². The van der Waals surface area contributed by atoms with Crippen LogP contribution in [0.15, 0.2) is 0 Å². The molecule has 0 aromatic carbocycles. The summed E-state index contributed by atoms with van der Waals surface area (Å²) in [6.07, 6.45) is 2.64. The topological polar surface area (TPSA) is 21.3 Å². The van der Waals surface area contributed by atoms with Crippen molar-refractivity contribution in [2.45, 2.75) is 52.7 Å². The molecule has 0 heterocycles. The fourth-order valence-corrected chi connectivity index (χ4v) is 1.75. The van der Waals surface area contributed by atoms with Gasteiger partial charge < -0.3 is 10.1 Å². The molecule has 13 heavy (non-hydrogen) atoms. The van der Waals surface area contributed by atoms with Gasteiger partial charge in [-0.3, -0.25) is 0 Å². The molecule has 0 amide bonds. The Kier molecular flexibility index (Phi) is 7.29. The Bertz CT molecular complexity index is 111. The molecule has 0 fully saturated rings. The van der Waals surface area contributed by atoms with Crippen molar-refractivity contribution >= 4 is 0 Å². The normalized spacial score (nSPS) is 16.2. The van der Waals surface area contributed by atoms with E-state index in [4.69, 9.17) is 4.74 Å². The number of ether oxygens (including phenoxy) is 1. The van der Waals surface area contributed by atoms with Gasteiger partial charge >= 0.3 is 0 Å². The van der Waals surface area contributed by atoms with E-state index in [0.717, 1.165) is 18.9 Å². The highest BCUT2D eigenvalue weighted by atomic mass is 16.5. The molecule has 2 nitrogen and oxygen atoms in total. The van der Waals surface area contributed by atoms with E-state index in [1.54, 1.807) is 7.11 Å². The van der Waals surface area contributed by atoms with Crippen LogP contribution in [0.25, 0.3) is 0 Å². The van der Waals surface area contributed by atoms with Crippen LogP contribution in [0.2, 0.25) is 0 Å². The SMILES string of the molecule is CCNC(CC(C)C)C(CC)OC. The van der Waals surface area contributed by atoms with Crippen molar-refractivity contribution in [3.8, 4) is 0 Å². The van der Waals surface area contributed by atoms with Crippen molar-refractivity contribution in [3.05, 3.63) is 0 Å². The number of nitrogens with one attached hydrogen (secondary N) is 1. The summed E-state index contributed by atoms with van der Waals surface area (Å²) in [7, 11) is 1.80. The highest BCUT2D eigenvalue weighted by molar-refractivity contribution is 4.76. The zero-order chi connectivity index (χ0) is 10.3. The van der Waals surface area contributed by atoms with Gasteiger partial charge in [0.05, 0.1) is 6.10 Å². The van der Waals surface area contributed by atoms with Crippen LogP contribution in [0.3, 0.4) is 0 Å².